The second-order valence-corrected chi connectivity index (χ2v) is 10.6. The van der Waals surface area contributed by atoms with Crippen molar-refractivity contribution in [3.8, 4) is 5.75 Å². The van der Waals surface area contributed by atoms with Gasteiger partial charge in [0.05, 0.1) is 24.0 Å². The summed E-state index contributed by atoms with van der Waals surface area (Å²) in [5, 5.41) is 11.6. The zero-order chi connectivity index (χ0) is 24.4. The summed E-state index contributed by atoms with van der Waals surface area (Å²) in [4.78, 5) is 1.87. The molecule has 1 heterocycles. The lowest BCUT2D eigenvalue weighted by atomic mass is 9.76. The van der Waals surface area contributed by atoms with Crippen LogP contribution in [0, 0.1) is 5.92 Å². The van der Waals surface area contributed by atoms with E-state index in [-0.39, 0.29) is 25.1 Å². The van der Waals surface area contributed by atoms with Crippen LogP contribution < -0.4 is 4.74 Å². The lowest BCUT2D eigenvalue weighted by molar-refractivity contribution is -0.137. The number of hydrogen-bond donors (Lipinski definition) is 1. The molecule has 3 rings (SSSR count). The summed E-state index contributed by atoms with van der Waals surface area (Å²) < 4.78 is 71.9. The van der Waals surface area contributed by atoms with Crippen LogP contribution in [0.5, 0.6) is 5.75 Å². The van der Waals surface area contributed by atoms with Crippen LogP contribution in [0.15, 0.2) is 48.5 Å². The summed E-state index contributed by atoms with van der Waals surface area (Å²) in [5.41, 5.74) is -1.45. The van der Waals surface area contributed by atoms with E-state index in [1.807, 2.05) is 19.0 Å². The van der Waals surface area contributed by atoms with Crippen molar-refractivity contribution in [2.45, 2.75) is 24.0 Å². The molecule has 10 heteroatoms. The van der Waals surface area contributed by atoms with Crippen molar-refractivity contribution in [3.63, 3.8) is 0 Å². The molecular weight excluding hydrogens is 457 g/mol. The quantitative estimate of drug-likeness (QED) is 0.650. The number of hydrogen-bond acceptors (Lipinski definition) is 5. The fraction of sp³-hybridized carbons (Fsp3) is 0.478. The molecule has 0 aromatic heterocycles. The van der Waals surface area contributed by atoms with Crippen LogP contribution in [0.25, 0.3) is 0 Å². The minimum atomic E-state index is -4.55. The highest BCUT2D eigenvalue weighted by molar-refractivity contribution is 7.88. The van der Waals surface area contributed by atoms with Gasteiger partial charge in [0.15, 0.2) is 0 Å². The molecule has 0 bridgehead atoms. The van der Waals surface area contributed by atoms with Gasteiger partial charge >= 0.3 is 6.18 Å². The van der Waals surface area contributed by atoms with Gasteiger partial charge in [0, 0.05) is 25.6 Å². The number of nitrogens with zero attached hydrogens (tertiary/aromatic N) is 2. The molecule has 2 aromatic carbocycles. The molecule has 0 amide bonds. The highest BCUT2D eigenvalue weighted by Crippen LogP contribution is 2.40. The molecular formula is C23H29F3N2O4S. The number of rotatable bonds is 7. The van der Waals surface area contributed by atoms with Crippen LogP contribution in [0.4, 0.5) is 13.2 Å². The Labute approximate surface area is 192 Å². The molecule has 1 N–H and O–H groups in total. The molecule has 33 heavy (non-hydrogen) atoms. The third kappa shape index (κ3) is 5.87. The number of aliphatic hydroxyl groups is 1. The van der Waals surface area contributed by atoms with Crippen molar-refractivity contribution in [2.24, 2.45) is 5.92 Å². The average Bonchev–Trinajstić information content (AvgIpc) is 2.74. The van der Waals surface area contributed by atoms with Gasteiger partial charge in [0.25, 0.3) is 0 Å². The standard InChI is InChI=1S/C23H29F3N2O4S/c1-27(2)14-20-15-28(11-10-22(20,29)18-7-5-9-21(13-18)32-3)33(30,31)16-17-6-4-8-19(12-17)23(24,25)26/h4-9,12-13,20,29H,10-11,14-16H2,1-3H3. The fourth-order valence-electron chi connectivity index (χ4n) is 4.30. The Morgan fingerprint density at radius 2 is 1.88 bits per heavy atom. The molecule has 1 fully saturated rings. The van der Waals surface area contributed by atoms with E-state index < -0.39 is 39.0 Å². The minimum absolute atomic E-state index is 0.0488. The SMILES string of the molecule is COc1cccc(C2(O)CCN(S(=O)(=O)Cc3cccc(C(F)(F)F)c3)CC2CN(C)C)c1. The molecule has 2 atom stereocenters. The van der Waals surface area contributed by atoms with Gasteiger partial charge in [-0.2, -0.15) is 13.2 Å². The molecule has 0 aliphatic carbocycles. The molecule has 2 unspecified atom stereocenters. The first kappa shape index (κ1) is 25.5. The Morgan fingerprint density at radius 1 is 1.18 bits per heavy atom. The van der Waals surface area contributed by atoms with Gasteiger partial charge in [-0.15, -0.1) is 0 Å². The van der Waals surface area contributed by atoms with E-state index in [1.165, 1.54) is 23.5 Å². The van der Waals surface area contributed by atoms with E-state index in [1.54, 1.807) is 24.3 Å². The third-order valence-electron chi connectivity index (χ3n) is 5.99. The molecule has 182 valence electrons. The Bertz CT molecular complexity index is 1080. The third-order valence-corrected chi connectivity index (χ3v) is 7.81. The summed E-state index contributed by atoms with van der Waals surface area (Å²) in [6.07, 6.45) is -4.39. The number of alkyl halides is 3. The number of sulfonamides is 1. The Balaban J connectivity index is 1.86. The number of benzene rings is 2. The van der Waals surface area contributed by atoms with E-state index in [9.17, 15) is 26.7 Å². The molecule has 0 radical (unpaired) electrons. The maximum absolute atomic E-state index is 13.1. The van der Waals surface area contributed by atoms with Gasteiger partial charge in [-0.05, 0) is 49.8 Å². The zero-order valence-corrected chi connectivity index (χ0v) is 19.7. The average molecular weight is 487 g/mol. The number of ether oxygens (including phenoxy) is 1. The van der Waals surface area contributed by atoms with Crippen LogP contribution in [0.1, 0.15) is 23.1 Å². The highest BCUT2D eigenvalue weighted by Gasteiger charge is 2.45. The van der Waals surface area contributed by atoms with Crippen molar-refractivity contribution >= 4 is 10.0 Å². The van der Waals surface area contributed by atoms with Crippen molar-refractivity contribution in [1.82, 2.24) is 9.21 Å². The topological polar surface area (TPSA) is 70.1 Å². The van der Waals surface area contributed by atoms with E-state index in [2.05, 4.69) is 0 Å². The van der Waals surface area contributed by atoms with Crippen molar-refractivity contribution < 1.29 is 31.4 Å². The number of halogens is 3. The maximum Gasteiger partial charge on any atom is 0.416 e. The van der Waals surface area contributed by atoms with Crippen molar-refractivity contribution in [3.05, 3.63) is 65.2 Å². The van der Waals surface area contributed by atoms with E-state index in [4.69, 9.17) is 4.74 Å². The largest absolute Gasteiger partial charge is 0.497 e. The van der Waals surface area contributed by atoms with Crippen LogP contribution in [-0.2, 0) is 27.6 Å². The van der Waals surface area contributed by atoms with Gasteiger partial charge in [-0.25, -0.2) is 12.7 Å². The highest BCUT2D eigenvalue weighted by atomic mass is 32.2. The Morgan fingerprint density at radius 3 is 2.52 bits per heavy atom. The van der Waals surface area contributed by atoms with Gasteiger partial charge in [0.2, 0.25) is 10.0 Å². The van der Waals surface area contributed by atoms with Gasteiger partial charge in [0.1, 0.15) is 5.75 Å². The van der Waals surface area contributed by atoms with Crippen molar-refractivity contribution in [2.75, 3.05) is 40.8 Å². The fourth-order valence-corrected chi connectivity index (χ4v) is 5.86. The number of piperidine rings is 1. The van der Waals surface area contributed by atoms with E-state index in [0.29, 0.717) is 17.9 Å². The first-order valence-corrected chi connectivity index (χ1v) is 12.1. The minimum Gasteiger partial charge on any atom is -0.497 e. The maximum atomic E-state index is 13.1. The normalized spacial score (nSPS) is 22.5. The predicted molar refractivity (Wildman–Crippen MR) is 119 cm³/mol. The molecule has 1 aliphatic heterocycles. The first-order chi connectivity index (χ1) is 15.3. The van der Waals surface area contributed by atoms with Gasteiger partial charge in [-0.1, -0.05) is 30.3 Å². The summed E-state index contributed by atoms with van der Waals surface area (Å²) in [5.74, 6) is -0.405. The Kier molecular flexibility index (Phi) is 7.42. The number of methoxy groups -OCH3 is 1. The summed E-state index contributed by atoms with van der Waals surface area (Å²) in [6, 6.07) is 11.4. The summed E-state index contributed by atoms with van der Waals surface area (Å²) >= 11 is 0. The van der Waals surface area contributed by atoms with Crippen LogP contribution in [-0.4, -0.2) is 63.6 Å². The van der Waals surface area contributed by atoms with Crippen LogP contribution in [0.3, 0.4) is 0 Å². The predicted octanol–water partition coefficient (Wildman–Crippen LogP) is 3.32. The van der Waals surface area contributed by atoms with Gasteiger partial charge < -0.3 is 14.7 Å². The zero-order valence-electron chi connectivity index (χ0n) is 18.8. The van der Waals surface area contributed by atoms with E-state index >= 15 is 0 Å². The lowest BCUT2D eigenvalue weighted by Gasteiger charge is -2.45. The molecule has 0 spiro atoms. The molecule has 0 saturated carbocycles. The van der Waals surface area contributed by atoms with Crippen LogP contribution >= 0.6 is 0 Å². The second kappa shape index (κ2) is 9.61. The summed E-state index contributed by atoms with van der Waals surface area (Å²) in [7, 11) is 1.30. The molecule has 1 saturated heterocycles. The molecule has 6 nitrogen and oxygen atoms in total. The van der Waals surface area contributed by atoms with E-state index in [0.717, 1.165) is 12.1 Å². The van der Waals surface area contributed by atoms with Crippen molar-refractivity contribution in [1.29, 1.82) is 0 Å². The summed E-state index contributed by atoms with van der Waals surface area (Å²) in [6.45, 7) is 0.523. The lowest BCUT2D eigenvalue weighted by Crippen LogP contribution is -2.54. The second-order valence-electron chi connectivity index (χ2n) is 8.68. The first-order valence-electron chi connectivity index (χ1n) is 10.5. The molecule has 2 aromatic rings. The van der Waals surface area contributed by atoms with Crippen LogP contribution in [0.2, 0.25) is 0 Å². The smallest absolute Gasteiger partial charge is 0.416 e. The Hall–Kier alpha value is -2.14. The van der Waals surface area contributed by atoms with Gasteiger partial charge in [-0.3, -0.25) is 0 Å². The molecule has 1 aliphatic rings. The monoisotopic (exact) mass is 486 g/mol.